The molecule has 2 aliphatic rings. The lowest BCUT2D eigenvalue weighted by Gasteiger charge is -2.33. The lowest BCUT2D eigenvalue weighted by atomic mass is 9.96. The number of methoxy groups -OCH3 is 2. The van der Waals surface area contributed by atoms with E-state index >= 15 is 0 Å². The number of carbonyl (C=O) groups excluding carboxylic acids is 2. The fourth-order valence-corrected chi connectivity index (χ4v) is 5.36. The summed E-state index contributed by atoms with van der Waals surface area (Å²) in [5.41, 5.74) is 0. The fourth-order valence-electron chi connectivity index (χ4n) is 3.89. The van der Waals surface area contributed by atoms with Crippen LogP contribution >= 0.6 is 0 Å². The monoisotopic (exact) mass is 410 g/mol. The summed E-state index contributed by atoms with van der Waals surface area (Å²) in [6.07, 6.45) is 2.27. The second-order valence-corrected chi connectivity index (χ2v) is 9.00. The molecule has 9 heteroatoms. The molecule has 28 heavy (non-hydrogen) atoms. The van der Waals surface area contributed by atoms with Crippen molar-refractivity contribution in [2.45, 2.75) is 36.6 Å². The van der Waals surface area contributed by atoms with E-state index in [9.17, 15) is 18.0 Å². The number of nitrogens with zero attached hydrogens (tertiary/aromatic N) is 2. The van der Waals surface area contributed by atoms with Crippen LogP contribution in [0.3, 0.4) is 0 Å². The van der Waals surface area contributed by atoms with Crippen molar-refractivity contribution in [1.29, 1.82) is 0 Å². The maximum atomic E-state index is 12.9. The minimum absolute atomic E-state index is 0.0746. The zero-order valence-corrected chi connectivity index (χ0v) is 17.0. The van der Waals surface area contributed by atoms with Crippen LogP contribution < -0.4 is 4.74 Å². The molecule has 8 nitrogen and oxygen atoms in total. The Hall–Kier alpha value is -2.13. The molecule has 0 aliphatic carbocycles. The Morgan fingerprint density at radius 3 is 2.21 bits per heavy atom. The van der Waals surface area contributed by atoms with Gasteiger partial charge in [-0.1, -0.05) is 0 Å². The topological polar surface area (TPSA) is 93.2 Å². The molecule has 2 heterocycles. The van der Waals surface area contributed by atoms with Gasteiger partial charge in [0.1, 0.15) is 11.8 Å². The molecule has 0 aromatic heterocycles. The van der Waals surface area contributed by atoms with Gasteiger partial charge >= 0.3 is 5.97 Å². The van der Waals surface area contributed by atoms with E-state index in [0.29, 0.717) is 31.6 Å². The molecular formula is C19H26N2O6S. The summed E-state index contributed by atoms with van der Waals surface area (Å²) < 4.78 is 36.9. The first kappa shape index (κ1) is 20.6. The van der Waals surface area contributed by atoms with Gasteiger partial charge in [-0.25, -0.2) is 13.2 Å². The Labute approximate surface area is 165 Å². The lowest BCUT2D eigenvalue weighted by molar-refractivity contribution is -0.152. The highest BCUT2D eigenvalue weighted by atomic mass is 32.2. The number of likely N-dealkylation sites (tertiary alicyclic amines) is 1. The van der Waals surface area contributed by atoms with E-state index in [2.05, 4.69) is 0 Å². The average Bonchev–Trinajstić information content (AvgIpc) is 3.22. The maximum absolute atomic E-state index is 12.9. The molecular weight excluding hydrogens is 384 g/mol. The third-order valence-corrected chi connectivity index (χ3v) is 7.42. The van der Waals surface area contributed by atoms with Crippen LogP contribution in [0.15, 0.2) is 29.2 Å². The molecule has 2 fully saturated rings. The van der Waals surface area contributed by atoms with E-state index in [-0.39, 0.29) is 35.8 Å². The van der Waals surface area contributed by atoms with Crippen LogP contribution in [0.4, 0.5) is 0 Å². The molecule has 154 valence electrons. The van der Waals surface area contributed by atoms with Gasteiger partial charge in [-0.2, -0.15) is 4.31 Å². The zero-order chi connectivity index (χ0) is 20.3. The van der Waals surface area contributed by atoms with Gasteiger partial charge in [0.2, 0.25) is 15.9 Å². The Balaban J connectivity index is 1.63. The van der Waals surface area contributed by atoms with Crippen LogP contribution in [0.25, 0.3) is 0 Å². The van der Waals surface area contributed by atoms with Crippen molar-refractivity contribution < 1.29 is 27.5 Å². The number of rotatable bonds is 5. The molecule has 2 saturated heterocycles. The van der Waals surface area contributed by atoms with E-state index in [1.54, 1.807) is 17.0 Å². The number of amides is 1. The van der Waals surface area contributed by atoms with Gasteiger partial charge in [-0.05, 0) is 49.9 Å². The standard InChI is InChI=1S/C19H26N2O6S/c1-26-15-5-7-16(8-6-15)28(24,25)20-12-9-14(10-13-20)18(22)21-11-3-4-17(21)19(23)27-2/h5-8,14,17H,3-4,9-13H2,1-2H3/t17-/m1/s1. The van der Waals surface area contributed by atoms with Crippen molar-refractivity contribution in [3.05, 3.63) is 24.3 Å². The second kappa shape index (κ2) is 8.48. The van der Waals surface area contributed by atoms with Gasteiger partial charge in [0.15, 0.2) is 0 Å². The van der Waals surface area contributed by atoms with Crippen LogP contribution in [0.1, 0.15) is 25.7 Å². The van der Waals surface area contributed by atoms with Crippen molar-refractivity contribution >= 4 is 21.9 Å². The zero-order valence-electron chi connectivity index (χ0n) is 16.2. The summed E-state index contributed by atoms with van der Waals surface area (Å²) in [6, 6.07) is 5.76. The first-order valence-electron chi connectivity index (χ1n) is 9.41. The molecule has 1 aromatic carbocycles. The number of carbonyl (C=O) groups is 2. The van der Waals surface area contributed by atoms with Gasteiger partial charge in [-0.15, -0.1) is 0 Å². The van der Waals surface area contributed by atoms with E-state index in [1.165, 1.54) is 30.7 Å². The highest BCUT2D eigenvalue weighted by Crippen LogP contribution is 2.28. The highest BCUT2D eigenvalue weighted by molar-refractivity contribution is 7.89. The number of ether oxygens (including phenoxy) is 2. The van der Waals surface area contributed by atoms with Crippen LogP contribution in [-0.4, -0.2) is 69.4 Å². The van der Waals surface area contributed by atoms with E-state index in [1.807, 2.05) is 0 Å². The Kier molecular flexibility index (Phi) is 6.24. The first-order valence-corrected chi connectivity index (χ1v) is 10.8. The molecule has 0 saturated carbocycles. The van der Waals surface area contributed by atoms with Gasteiger partial charge < -0.3 is 14.4 Å². The molecule has 0 radical (unpaired) electrons. The number of hydrogen-bond donors (Lipinski definition) is 0. The molecule has 2 aliphatic heterocycles. The molecule has 0 unspecified atom stereocenters. The molecule has 0 bridgehead atoms. The Bertz CT molecular complexity index is 815. The number of hydrogen-bond acceptors (Lipinski definition) is 6. The lowest BCUT2D eigenvalue weighted by Crippen LogP contribution is -2.47. The van der Waals surface area contributed by atoms with Gasteiger partial charge in [0.25, 0.3) is 0 Å². The van der Waals surface area contributed by atoms with Gasteiger partial charge in [-0.3, -0.25) is 4.79 Å². The summed E-state index contributed by atoms with van der Waals surface area (Å²) in [7, 11) is -0.755. The third kappa shape index (κ3) is 4.00. The summed E-state index contributed by atoms with van der Waals surface area (Å²) in [6.45, 7) is 1.10. The largest absolute Gasteiger partial charge is 0.497 e. The highest BCUT2D eigenvalue weighted by Gasteiger charge is 2.40. The maximum Gasteiger partial charge on any atom is 0.328 e. The van der Waals surface area contributed by atoms with Crippen LogP contribution in [-0.2, 0) is 24.3 Å². The quantitative estimate of drug-likeness (QED) is 0.679. The molecule has 0 spiro atoms. The molecule has 1 aromatic rings. The number of benzene rings is 1. The average molecular weight is 410 g/mol. The van der Waals surface area contributed by atoms with Crippen LogP contribution in [0, 0.1) is 5.92 Å². The van der Waals surface area contributed by atoms with E-state index in [4.69, 9.17) is 9.47 Å². The van der Waals surface area contributed by atoms with E-state index < -0.39 is 16.1 Å². The van der Waals surface area contributed by atoms with Crippen molar-refractivity contribution in [1.82, 2.24) is 9.21 Å². The van der Waals surface area contributed by atoms with Crippen molar-refractivity contribution in [2.75, 3.05) is 33.9 Å². The SMILES string of the molecule is COC(=O)[C@H]1CCCN1C(=O)C1CCN(S(=O)(=O)c2ccc(OC)cc2)CC1. The fraction of sp³-hybridized carbons (Fsp3) is 0.579. The van der Waals surface area contributed by atoms with E-state index in [0.717, 1.165) is 6.42 Å². The number of sulfonamides is 1. The Morgan fingerprint density at radius 1 is 1.00 bits per heavy atom. The van der Waals surface area contributed by atoms with Crippen LogP contribution in [0.2, 0.25) is 0 Å². The van der Waals surface area contributed by atoms with Gasteiger partial charge in [0.05, 0.1) is 19.1 Å². The van der Waals surface area contributed by atoms with Crippen molar-refractivity contribution in [2.24, 2.45) is 5.92 Å². The molecule has 1 amide bonds. The summed E-state index contributed by atoms with van der Waals surface area (Å²) in [5.74, 6) is -0.138. The first-order chi connectivity index (χ1) is 13.4. The smallest absolute Gasteiger partial charge is 0.328 e. The summed E-state index contributed by atoms with van der Waals surface area (Å²) in [5, 5.41) is 0. The Morgan fingerprint density at radius 2 is 1.64 bits per heavy atom. The number of piperidine rings is 1. The predicted octanol–water partition coefficient (Wildman–Crippen LogP) is 1.26. The molecule has 0 N–H and O–H groups in total. The predicted molar refractivity (Wildman–Crippen MR) is 101 cm³/mol. The van der Waals surface area contributed by atoms with Crippen molar-refractivity contribution in [3.63, 3.8) is 0 Å². The molecule has 1 atom stereocenters. The second-order valence-electron chi connectivity index (χ2n) is 7.07. The summed E-state index contributed by atoms with van der Waals surface area (Å²) >= 11 is 0. The summed E-state index contributed by atoms with van der Waals surface area (Å²) in [4.78, 5) is 26.6. The number of esters is 1. The minimum atomic E-state index is -3.60. The van der Waals surface area contributed by atoms with Crippen LogP contribution in [0.5, 0.6) is 5.75 Å². The third-order valence-electron chi connectivity index (χ3n) is 5.51. The molecule has 3 rings (SSSR count). The van der Waals surface area contributed by atoms with Gasteiger partial charge in [0, 0.05) is 25.6 Å². The minimum Gasteiger partial charge on any atom is -0.497 e. The normalized spacial score (nSPS) is 21.5. The van der Waals surface area contributed by atoms with Crippen molar-refractivity contribution in [3.8, 4) is 5.75 Å².